The van der Waals surface area contributed by atoms with Gasteiger partial charge in [0.15, 0.2) is 6.61 Å². The molecule has 1 aromatic carbocycles. The fourth-order valence-electron chi connectivity index (χ4n) is 3.08. The summed E-state index contributed by atoms with van der Waals surface area (Å²) in [4.78, 5) is 24.2. The molecule has 1 atom stereocenters. The van der Waals surface area contributed by atoms with E-state index in [0.29, 0.717) is 12.2 Å². The maximum atomic E-state index is 13.5. The number of aromatic nitrogens is 1. The number of carbonyl (C=O) groups is 2. The Morgan fingerprint density at radius 2 is 1.96 bits per heavy atom. The first kappa shape index (κ1) is 20.6. The van der Waals surface area contributed by atoms with Gasteiger partial charge in [-0.15, -0.1) is 0 Å². The molecule has 0 fully saturated rings. The number of Topliss-reactive ketones (excluding diaryl/α,β-unsaturated/α-hetero) is 1. The molecule has 1 aromatic heterocycles. The van der Waals surface area contributed by atoms with Crippen molar-refractivity contribution in [2.45, 2.75) is 26.8 Å². The molecular formula is C21H24FNO4. The number of benzene rings is 1. The van der Waals surface area contributed by atoms with Crippen LogP contribution in [0.15, 0.2) is 36.4 Å². The van der Waals surface area contributed by atoms with Crippen molar-refractivity contribution >= 4 is 17.8 Å². The van der Waals surface area contributed by atoms with Crippen molar-refractivity contribution in [2.75, 3.05) is 20.3 Å². The molecule has 0 N–H and O–H groups in total. The van der Waals surface area contributed by atoms with Crippen LogP contribution in [-0.2, 0) is 14.3 Å². The number of ether oxygens (including phenoxy) is 2. The highest BCUT2D eigenvalue weighted by atomic mass is 19.1. The lowest BCUT2D eigenvalue weighted by Crippen LogP contribution is -2.16. The Bertz CT molecular complexity index is 854. The number of nitrogens with zero attached hydrogens (tertiary/aromatic N) is 1. The molecule has 0 radical (unpaired) electrons. The van der Waals surface area contributed by atoms with Crippen LogP contribution >= 0.6 is 0 Å². The quantitative estimate of drug-likeness (QED) is 0.400. The van der Waals surface area contributed by atoms with Gasteiger partial charge in [0.25, 0.3) is 0 Å². The second-order valence-corrected chi connectivity index (χ2v) is 6.34. The highest BCUT2D eigenvalue weighted by molar-refractivity contribution is 6.00. The van der Waals surface area contributed by atoms with Crippen molar-refractivity contribution in [3.8, 4) is 0 Å². The normalized spacial score (nSPS) is 12.3. The monoisotopic (exact) mass is 373 g/mol. The molecule has 1 heterocycles. The first-order valence-electron chi connectivity index (χ1n) is 8.65. The van der Waals surface area contributed by atoms with Crippen LogP contribution in [0.3, 0.4) is 0 Å². The molecular weight excluding hydrogens is 349 g/mol. The summed E-state index contributed by atoms with van der Waals surface area (Å²) in [5, 5.41) is 0. The van der Waals surface area contributed by atoms with Gasteiger partial charge < -0.3 is 14.0 Å². The maximum Gasteiger partial charge on any atom is 0.331 e. The topological polar surface area (TPSA) is 57.5 Å². The molecule has 0 saturated heterocycles. The van der Waals surface area contributed by atoms with Gasteiger partial charge in [-0.05, 0) is 39.0 Å². The lowest BCUT2D eigenvalue weighted by molar-refractivity contribution is -0.136. The fraction of sp³-hybridized carbons (Fsp3) is 0.333. The van der Waals surface area contributed by atoms with E-state index in [1.165, 1.54) is 12.1 Å². The molecule has 6 heteroatoms. The van der Waals surface area contributed by atoms with E-state index in [4.69, 9.17) is 9.47 Å². The number of aryl methyl sites for hydroxylation is 1. The Morgan fingerprint density at radius 3 is 2.63 bits per heavy atom. The van der Waals surface area contributed by atoms with E-state index < -0.39 is 11.8 Å². The summed E-state index contributed by atoms with van der Waals surface area (Å²) in [6.45, 7) is 5.93. The molecule has 0 aliphatic carbocycles. The van der Waals surface area contributed by atoms with Crippen LogP contribution in [0.4, 0.5) is 4.39 Å². The van der Waals surface area contributed by atoms with Gasteiger partial charge in [-0.2, -0.15) is 0 Å². The van der Waals surface area contributed by atoms with Crippen molar-refractivity contribution < 1.29 is 23.5 Å². The highest BCUT2D eigenvalue weighted by Gasteiger charge is 2.19. The molecule has 144 valence electrons. The van der Waals surface area contributed by atoms with Crippen molar-refractivity contribution in [3.63, 3.8) is 0 Å². The number of hydrogen-bond donors (Lipinski definition) is 0. The highest BCUT2D eigenvalue weighted by Crippen LogP contribution is 2.21. The minimum atomic E-state index is -0.701. The molecule has 5 nitrogen and oxygen atoms in total. The lowest BCUT2D eigenvalue weighted by atomic mass is 10.1. The molecule has 0 aliphatic heterocycles. The van der Waals surface area contributed by atoms with Gasteiger partial charge in [-0.25, -0.2) is 9.18 Å². The van der Waals surface area contributed by atoms with Crippen LogP contribution < -0.4 is 0 Å². The number of hydrogen-bond acceptors (Lipinski definition) is 4. The Hall–Kier alpha value is -2.73. The predicted octanol–water partition coefficient (Wildman–Crippen LogP) is 3.89. The SMILES string of the molecule is COCC(C)n1c(C)cc(C(=O)COC(=O)/C=C/c2ccccc2F)c1C. The summed E-state index contributed by atoms with van der Waals surface area (Å²) in [5.41, 5.74) is 2.53. The molecule has 0 aliphatic rings. The van der Waals surface area contributed by atoms with E-state index in [2.05, 4.69) is 0 Å². The zero-order valence-corrected chi connectivity index (χ0v) is 16.0. The zero-order valence-electron chi connectivity index (χ0n) is 16.0. The van der Waals surface area contributed by atoms with Gasteiger partial charge in [-0.3, -0.25) is 4.79 Å². The maximum absolute atomic E-state index is 13.5. The largest absolute Gasteiger partial charge is 0.454 e. The Kier molecular flexibility index (Phi) is 7.07. The third-order valence-corrected chi connectivity index (χ3v) is 4.28. The number of rotatable bonds is 8. The van der Waals surface area contributed by atoms with Crippen molar-refractivity contribution in [3.05, 3.63) is 64.7 Å². The summed E-state index contributed by atoms with van der Waals surface area (Å²) in [6.07, 6.45) is 2.43. The van der Waals surface area contributed by atoms with Gasteiger partial charge in [0.2, 0.25) is 5.78 Å². The second-order valence-electron chi connectivity index (χ2n) is 6.34. The van der Waals surface area contributed by atoms with E-state index in [-0.39, 0.29) is 24.0 Å². The number of ketones is 1. The van der Waals surface area contributed by atoms with E-state index in [9.17, 15) is 14.0 Å². The molecule has 0 amide bonds. The van der Waals surface area contributed by atoms with Gasteiger partial charge in [0, 0.05) is 35.7 Å². The van der Waals surface area contributed by atoms with E-state index >= 15 is 0 Å². The second kappa shape index (κ2) is 9.28. The fourth-order valence-corrected chi connectivity index (χ4v) is 3.08. The molecule has 0 spiro atoms. The van der Waals surface area contributed by atoms with Crippen molar-refractivity contribution in [1.82, 2.24) is 4.57 Å². The van der Waals surface area contributed by atoms with Crippen molar-refractivity contribution in [1.29, 1.82) is 0 Å². The van der Waals surface area contributed by atoms with Gasteiger partial charge in [0.1, 0.15) is 5.82 Å². The first-order chi connectivity index (χ1) is 12.8. The third kappa shape index (κ3) is 5.14. The Labute approximate surface area is 158 Å². The van der Waals surface area contributed by atoms with Gasteiger partial charge >= 0.3 is 5.97 Å². The molecule has 2 aromatic rings. The van der Waals surface area contributed by atoms with Crippen molar-refractivity contribution in [2.24, 2.45) is 0 Å². The minimum absolute atomic E-state index is 0.0859. The first-order valence-corrected chi connectivity index (χ1v) is 8.65. The summed E-state index contributed by atoms with van der Waals surface area (Å²) in [7, 11) is 1.63. The number of methoxy groups -OCH3 is 1. The van der Waals surface area contributed by atoms with Crippen LogP contribution in [0.25, 0.3) is 6.08 Å². The average molecular weight is 373 g/mol. The van der Waals surface area contributed by atoms with Crippen LogP contribution in [0, 0.1) is 19.7 Å². The van der Waals surface area contributed by atoms with Crippen LogP contribution in [0.1, 0.15) is 40.3 Å². The predicted molar refractivity (Wildman–Crippen MR) is 101 cm³/mol. The van der Waals surface area contributed by atoms with Crippen LogP contribution in [0.2, 0.25) is 0 Å². The number of carbonyl (C=O) groups excluding carboxylic acids is 2. The van der Waals surface area contributed by atoms with E-state index in [0.717, 1.165) is 17.5 Å². The lowest BCUT2D eigenvalue weighted by Gasteiger charge is -2.17. The Balaban J connectivity index is 2.00. The van der Waals surface area contributed by atoms with Crippen LogP contribution in [0.5, 0.6) is 0 Å². The summed E-state index contributed by atoms with van der Waals surface area (Å²) in [5.74, 6) is -1.42. The van der Waals surface area contributed by atoms with E-state index in [1.54, 1.807) is 31.4 Å². The standard InChI is InChI=1S/C21H24FNO4/c1-14-11-18(16(3)23(14)15(2)12-26-4)20(24)13-27-21(25)10-9-17-7-5-6-8-19(17)22/h5-11,15H,12-13H2,1-4H3/b10-9+. The third-order valence-electron chi connectivity index (χ3n) is 4.28. The minimum Gasteiger partial charge on any atom is -0.454 e. The molecule has 27 heavy (non-hydrogen) atoms. The molecule has 0 saturated carbocycles. The van der Waals surface area contributed by atoms with E-state index in [1.807, 2.05) is 25.3 Å². The molecule has 2 rings (SSSR count). The average Bonchev–Trinajstić information content (AvgIpc) is 2.93. The van der Waals surface area contributed by atoms with Gasteiger partial charge in [-0.1, -0.05) is 18.2 Å². The smallest absolute Gasteiger partial charge is 0.331 e. The zero-order chi connectivity index (χ0) is 20.0. The summed E-state index contributed by atoms with van der Waals surface area (Å²) in [6, 6.07) is 7.94. The molecule has 1 unspecified atom stereocenters. The number of halogens is 1. The summed E-state index contributed by atoms with van der Waals surface area (Å²) >= 11 is 0. The van der Waals surface area contributed by atoms with Crippen LogP contribution in [-0.4, -0.2) is 36.6 Å². The van der Waals surface area contributed by atoms with Gasteiger partial charge in [0.05, 0.1) is 12.6 Å². The molecule has 0 bridgehead atoms. The number of esters is 1. The summed E-state index contributed by atoms with van der Waals surface area (Å²) < 4.78 is 25.7. The Morgan fingerprint density at radius 1 is 1.26 bits per heavy atom.